The maximum Gasteiger partial charge on any atom is 0.339 e. The Kier molecular flexibility index (Phi) is 4.52. The van der Waals surface area contributed by atoms with Gasteiger partial charge in [0.1, 0.15) is 12.4 Å². The molecule has 19 heavy (non-hydrogen) atoms. The van der Waals surface area contributed by atoms with Gasteiger partial charge in [-0.25, -0.2) is 4.79 Å². The highest BCUT2D eigenvalue weighted by Gasteiger charge is 2.13. The highest BCUT2D eigenvalue weighted by molar-refractivity contribution is 9.10. The number of hydrogen-bond acceptors (Lipinski definition) is 4. The molecule has 98 valence electrons. The van der Waals surface area contributed by atoms with Crippen molar-refractivity contribution >= 4 is 21.9 Å². The lowest BCUT2D eigenvalue weighted by molar-refractivity contribution is 0.0597. The predicted octanol–water partition coefficient (Wildman–Crippen LogP) is 3.21. The predicted molar refractivity (Wildman–Crippen MR) is 74.1 cm³/mol. The van der Waals surface area contributed by atoms with E-state index >= 15 is 0 Å². The van der Waals surface area contributed by atoms with Crippen LogP contribution in [-0.4, -0.2) is 18.1 Å². The molecule has 0 aliphatic carbocycles. The van der Waals surface area contributed by atoms with Crippen molar-refractivity contribution in [3.8, 4) is 5.75 Å². The second kappa shape index (κ2) is 6.33. The molecule has 0 bridgehead atoms. The first-order valence-corrected chi connectivity index (χ1v) is 6.41. The fourth-order valence-electron chi connectivity index (χ4n) is 1.56. The number of esters is 1. The lowest BCUT2D eigenvalue weighted by Crippen LogP contribution is -2.09. The smallest absolute Gasteiger partial charge is 0.339 e. The molecule has 0 aliphatic rings. The van der Waals surface area contributed by atoms with Gasteiger partial charge in [0.2, 0.25) is 0 Å². The lowest BCUT2D eigenvalue weighted by Gasteiger charge is -2.09. The lowest BCUT2D eigenvalue weighted by atomic mass is 10.2. The molecule has 0 saturated carbocycles. The summed E-state index contributed by atoms with van der Waals surface area (Å²) in [5, 5.41) is 0. The normalized spacial score (nSPS) is 10.0. The van der Waals surface area contributed by atoms with Gasteiger partial charge in [-0.05, 0) is 40.2 Å². The van der Waals surface area contributed by atoms with Crippen LogP contribution in [-0.2, 0) is 11.3 Å². The molecule has 2 rings (SSSR count). The number of nitrogens with zero attached hydrogens (tertiary/aromatic N) is 1. The molecule has 0 atom stereocenters. The minimum atomic E-state index is -0.418. The van der Waals surface area contributed by atoms with E-state index in [2.05, 4.69) is 20.9 Å². The topological polar surface area (TPSA) is 48.4 Å². The second-order valence-corrected chi connectivity index (χ2v) is 4.56. The second-order valence-electron chi connectivity index (χ2n) is 3.71. The SMILES string of the molecule is COC(=O)c1cccnc1COc1ccccc1Br. The molecule has 0 fully saturated rings. The van der Waals surface area contributed by atoms with E-state index < -0.39 is 5.97 Å². The Hall–Kier alpha value is -1.88. The molecule has 1 aromatic heterocycles. The average molecular weight is 322 g/mol. The van der Waals surface area contributed by atoms with E-state index in [1.165, 1.54) is 7.11 Å². The first kappa shape index (κ1) is 13.5. The molecular weight excluding hydrogens is 310 g/mol. The van der Waals surface area contributed by atoms with Crippen molar-refractivity contribution in [1.29, 1.82) is 0 Å². The van der Waals surface area contributed by atoms with E-state index in [0.717, 1.165) is 4.47 Å². The highest BCUT2D eigenvalue weighted by Crippen LogP contribution is 2.24. The van der Waals surface area contributed by atoms with E-state index in [1.54, 1.807) is 18.3 Å². The maximum absolute atomic E-state index is 11.6. The van der Waals surface area contributed by atoms with Gasteiger partial charge in [-0.15, -0.1) is 0 Å². The van der Waals surface area contributed by atoms with Gasteiger partial charge in [0.25, 0.3) is 0 Å². The molecule has 0 amide bonds. The summed E-state index contributed by atoms with van der Waals surface area (Å²) in [6.07, 6.45) is 1.62. The monoisotopic (exact) mass is 321 g/mol. The van der Waals surface area contributed by atoms with Crippen molar-refractivity contribution in [3.05, 3.63) is 58.3 Å². The van der Waals surface area contributed by atoms with Crippen molar-refractivity contribution in [2.24, 2.45) is 0 Å². The van der Waals surface area contributed by atoms with Crippen molar-refractivity contribution in [1.82, 2.24) is 4.98 Å². The number of ether oxygens (including phenoxy) is 2. The number of hydrogen-bond donors (Lipinski definition) is 0. The molecule has 4 nitrogen and oxygen atoms in total. The number of pyridine rings is 1. The van der Waals surface area contributed by atoms with Gasteiger partial charge in [-0.3, -0.25) is 4.98 Å². The quantitative estimate of drug-likeness (QED) is 0.811. The number of carbonyl (C=O) groups is 1. The van der Waals surface area contributed by atoms with Gasteiger partial charge >= 0.3 is 5.97 Å². The summed E-state index contributed by atoms with van der Waals surface area (Å²) in [6, 6.07) is 10.9. The Balaban J connectivity index is 2.16. The third-order valence-corrected chi connectivity index (χ3v) is 3.15. The molecule has 0 radical (unpaired) electrons. The molecule has 2 aromatic rings. The molecule has 0 unspecified atom stereocenters. The Morgan fingerprint density at radius 3 is 2.79 bits per heavy atom. The van der Waals surface area contributed by atoms with Crippen LogP contribution < -0.4 is 4.74 Å². The van der Waals surface area contributed by atoms with E-state index in [1.807, 2.05) is 24.3 Å². The zero-order valence-electron chi connectivity index (χ0n) is 10.3. The summed E-state index contributed by atoms with van der Waals surface area (Å²) < 4.78 is 11.2. The van der Waals surface area contributed by atoms with Crippen LogP contribution in [0.25, 0.3) is 0 Å². The van der Waals surface area contributed by atoms with E-state index in [-0.39, 0.29) is 6.61 Å². The standard InChI is InChI=1S/C14H12BrNO3/c1-18-14(17)10-5-4-8-16-12(10)9-19-13-7-3-2-6-11(13)15/h2-8H,9H2,1H3. The van der Waals surface area contributed by atoms with Gasteiger partial charge in [0.05, 0.1) is 22.8 Å². The summed E-state index contributed by atoms with van der Waals surface area (Å²) in [7, 11) is 1.34. The fraction of sp³-hybridized carbons (Fsp3) is 0.143. The van der Waals surface area contributed by atoms with E-state index in [0.29, 0.717) is 17.0 Å². The summed E-state index contributed by atoms with van der Waals surface area (Å²) in [5.41, 5.74) is 0.960. The van der Waals surface area contributed by atoms with Gasteiger partial charge in [0.15, 0.2) is 0 Å². The van der Waals surface area contributed by atoms with Crippen LogP contribution >= 0.6 is 15.9 Å². The molecular formula is C14H12BrNO3. The Morgan fingerprint density at radius 2 is 2.05 bits per heavy atom. The van der Waals surface area contributed by atoms with Crippen LogP contribution in [0.15, 0.2) is 47.1 Å². The number of methoxy groups -OCH3 is 1. The summed E-state index contributed by atoms with van der Waals surface area (Å²) in [4.78, 5) is 15.7. The Labute approximate surface area is 119 Å². The Morgan fingerprint density at radius 1 is 1.26 bits per heavy atom. The van der Waals surface area contributed by atoms with Crippen molar-refractivity contribution in [2.75, 3.05) is 7.11 Å². The molecule has 0 aliphatic heterocycles. The third kappa shape index (κ3) is 3.32. The zero-order valence-corrected chi connectivity index (χ0v) is 11.9. The number of halogens is 1. The van der Waals surface area contributed by atoms with Gasteiger partial charge < -0.3 is 9.47 Å². The fourth-order valence-corrected chi connectivity index (χ4v) is 1.96. The third-order valence-electron chi connectivity index (χ3n) is 2.50. The first-order valence-electron chi connectivity index (χ1n) is 5.62. The van der Waals surface area contributed by atoms with Crippen molar-refractivity contribution in [3.63, 3.8) is 0 Å². The number of carbonyl (C=O) groups excluding carboxylic acids is 1. The zero-order chi connectivity index (χ0) is 13.7. The molecule has 0 N–H and O–H groups in total. The minimum Gasteiger partial charge on any atom is -0.486 e. The number of para-hydroxylation sites is 1. The average Bonchev–Trinajstić information content (AvgIpc) is 2.46. The molecule has 1 heterocycles. The number of benzene rings is 1. The minimum absolute atomic E-state index is 0.202. The first-order chi connectivity index (χ1) is 9.22. The van der Waals surface area contributed by atoms with Crippen LogP contribution in [0.5, 0.6) is 5.75 Å². The van der Waals surface area contributed by atoms with Gasteiger partial charge in [0, 0.05) is 6.20 Å². The van der Waals surface area contributed by atoms with E-state index in [9.17, 15) is 4.79 Å². The number of rotatable bonds is 4. The van der Waals surface area contributed by atoms with Gasteiger partial charge in [-0.2, -0.15) is 0 Å². The number of aromatic nitrogens is 1. The van der Waals surface area contributed by atoms with Crippen LogP contribution in [0.2, 0.25) is 0 Å². The molecule has 1 aromatic carbocycles. The van der Waals surface area contributed by atoms with Crippen molar-refractivity contribution < 1.29 is 14.3 Å². The summed E-state index contributed by atoms with van der Waals surface area (Å²) >= 11 is 3.39. The van der Waals surface area contributed by atoms with E-state index in [4.69, 9.17) is 9.47 Å². The molecule has 0 saturated heterocycles. The summed E-state index contributed by atoms with van der Waals surface area (Å²) in [6.45, 7) is 0.202. The van der Waals surface area contributed by atoms with Crippen LogP contribution in [0, 0.1) is 0 Å². The largest absolute Gasteiger partial charge is 0.486 e. The highest BCUT2D eigenvalue weighted by atomic mass is 79.9. The van der Waals surface area contributed by atoms with Crippen molar-refractivity contribution in [2.45, 2.75) is 6.61 Å². The van der Waals surface area contributed by atoms with Crippen LogP contribution in [0.3, 0.4) is 0 Å². The van der Waals surface area contributed by atoms with Crippen LogP contribution in [0.4, 0.5) is 0 Å². The maximum atomic E-state index is 11.6. The summed E-state index contributed by atoms with van der Waals surface area (Å²) in [5.74, 6) is 0.280. The molecule has 5 heteroatoms. The van der Waals surface area contributed by atoms with Crippen LogP contribution in [0.1, 0.15) is 16.1 Å². The Bertz CT molecular complexity index is 586. The molecule has 0 spiro atoms. The van der Waals surface area contributed by atoms with Gasteiger partial charge in [-0.1, -0.05) is 12.1 Å².